The van der Waals surface area contributed by atoms with Gasteiger partial charge in [-0.15, -0.1) is 0 Å². The van der Waals surface area contributed by atoms with Crippen molar-refractivity contribution in [3.63, 3.8) is 0 Å². The fourth-order valence-electron chi connectivity index (χ4n) is 2.18. The molecule has 0 saturated carbocycles. The molecular formula is C17H12Br2O3S. The maximum absolute atomic E-state index is 12.4. The number of hydrogen-bond acceptors (Lipinski definition) is 3. The fourth-order valence-corrected chi connectivity index (χ4v) is 4.18. The third-order valence-corrected chi connectivity index (χ3v) is 5.95. The second-order valence-corrected chi connectivity index (χ2v) is 8.35. The first-order valence-electron chi connectivity index (χ1n) is 6.76. The van der Waals surface area contributed by atoms with E-state index in [-0.39, 0.29) is 10.6 Å². The predicted octanol–water partition coefficient (Wildman–Crippen LogP) is 5.44. The second-order valence-electron chi connectivity index (χ2n) is 5.09. The molecule has 118 valence electrons. The molecule has 0 bridgehead atoms. The number of halogens is 2. The summed E-state index contributed by atoms with van der Waals surface area (Å²) in [6.07, 6.45) is 0. The van der Waals surface area contributed by atoms with Gasteiger partial charge in [0.25, 0.3) is 0 Å². The monoisotopic (exact) mass is 454 g/mol. The molecule has 3 rings (SSSR count). The Morgan fingerprint density at radius 3 is 2.30 bits per heavy atom. The quantitative estimate of drug-likeness (QED) is 0.493. The number of benzene rings is 3. The Kier molecular flexibility index (Phi) is 4.49. The predicted molar refractivity (Wildman–Crippen MR) is 98.3 cm³/mol. The van der Waals surface area contributed by atoms with Gasteiger partial charge in [-0.25, -0.2) is 0 Å². The number of aryl methyl sites for hydroxylation is 1. The molecule has 3 nitrogen and oxygen atoms in total. The van der Waals surface area contributed by atoms with Crippen LogP contribution in [0.4, 0.5) is 0 Å². The zero-order valence-electron chi connectivity index (χ0n) is 12.1. The average Bonchev–Trinajstić information content (AvgIpc) is 2.50. The molecule has 3 aromatic rings. The average molecular weight is 456 g/mol. The highest BCUT2D eigenvalue weighted by Gasteiger charge is 2.19. The number of hydrogen-bond donors (Lipinski definition) is 0. The molecule has 0 aliphatic carbocycles. The van der Waals surface area contributed by atoms with Crippen LogP contribution in [-0.2, 0) is 10.1 Å². The molecule has 0 aliphatic rings. The lowest BCUT2D eigenvalue weighted by Gasteiger charge is -2.11. The normalized spacial score (nSPS) is 11.6. The van der Waals surface area contributed by atoms with Crippen molar-refractivity contribution in [2.45, 2.75) is 11.8 Å². The summed E-state index contributed by atoms with van der Waals surface area (Å²) in [6, 6.07) is 15.8. The Morgan fingerprint density at radius 2 is 1.61 bits per heavy atom. The Morgan fingerprint density at radius 1 is 0.913 bits per heavy atom. The molecule has 0 N–H and O–H groups in total. The van der Waals surface area contributed by atoms with Gasteiger partial charge in [0.15, 0.2) is 5.75 Å². The van der Waals surface area contributed by atoms with Crippen molar-refractivity contribution in [3.8, 4) is 5.75 Å². The van der Waals surface area contributed by atoms with E-state index in [0.29, 0.717) is 4.47 Å². The Bertz CT molecular complexity index is 981. The minimum absolute atomic E-state index is 0.130. The van der Waals surface area contributed by atoms with Gasteiger partial charge in [0.2, 0.25) is 0 Å². The summed E-state index contributed by atoms with van der Waals surface area (Å²) in [7, 11) is -3.87. The number of rotatable bonds is 3. The van der Waals surface area contributed by atoms with Crippen LogP contribution < -0.4 is 4.18 Å². The van der Waals surface area contributed by atoms with E-state index < -0.39 is 10.1 Å². The second kappa shape index (κ2) is 6.26. The molecular weight excluding hydrogens is 444 g/mol. The van der Waals surface area contributed by atoms with E-state index in [1.807, 2.05) is 31.2 Å². The Hall–Kier alpha value is -1.37. The van der Waals surface area contributed by atoms with Crippen molar-refractivity contribution >= 4 is 52.8 Å². The smallest absolute Gasteiger partial charge is 0.339 e. The first-order chi connectivity index (χ1) is 10.9. The lowest BCUT2D eigenvalue weighted by molar-refractivity contribution is 0.485. The topological polar surface area (TPSA) is 43.4 Å². The van der Waals surface area contributed by atoms with Gasteiger partial charge < -0.3 is 4.18 Å². The van der Waals surface area contributed by atoms with Gasteiger partial charge >= 0.3 is 10.1 Å². The van der Waals surface area contributed by atoms with Crippen LogP contribution in [0.25, 0.3) is 10.8 Å². The van der Waals surface area contributed by atoms with E-state index in [4.69, 9.17) is 4.18 Å². The first-order valence-corrected chi connectivity index (χ1v) is 9.75. The summed E-state index contributed by atoms with van der Waals surface area (Å²) in [6.45, 7) is 1.90. The minimum atomic E-state index is -3.87. The van der Waals surface area contributed by atoms with Crippen LogP contribution in [0.3, 0.4) is 0 Å². The molecule has 0 amide bonds. The molecule has 0 heterocycles. The van der Waals surface area contributed by atoms with Crippen molar-refractivity contribution in [1.82, 2.24) is 0 Å². The van der Waals surface area contributed by atoms with E-state index in [2.05, 4.69) is 31.9 Å². The van der Waals surface area contributed by atoms with Crippen LogP contribution in [0.15, 0.2) is 68.4 Å². The zero-order valence-corrected chi connectivity index (χ0v) is 16.1. The molecule has 0 aromatic heterocycles. The van der Waals surface area contributed by atoms with E-state index in [1.165, 1.54) is 12.1 Å². The van der Waals surface area contributed by atoms with Crippen LogP contribution in [0, 0.1) is 6.92 Å². The maximum Gasteiger partial charge on any atom is 0.339 e. The van der Waals surface area contributed by atoms with Gasteiger partial charge in [0.05, 0.1) is 4.47 Å². The van der Waals surface area contributed by atoms with Crippen molar-refractivity contribution in [2.24, 2.45) is 0 Å². The molecule has 6 heteroatoms. The first kappa shape index (κ1) is 16.5. The highest BCUT2D eigenvalue weighted by Crippen LogP contribution is 2.35. The molecule has 0 spiro atoms. The van der Waals surface area contributed by atoms with Crippen LogP contribution in [0.5, 0.6) is 5.75 Å². The lowest BCUT2D eigenvalue weighted by Crippen LogP contribution is -2.10. The molecule has 0 radical (unpaired) electrons. The van der Waals surface area contributed by atoms with Crippen molar-refractivity contribution in [2.75, 3.05) is 0 Å². The number of fused-ring (bicyclic) bond motifs is 1. The summed E-state index contributed by atoms with van der Waals surface area (Å²) >= 11 is 6.86. The molecule has 0 atom stereocenters. The van der Waals surface area contributed by atoms with Crippen LogP contribution >= 0.6 is 31.9 Å². The van der Waals surface area contributed by atoms with Crippen LogP contribution in [0.2, 0.25) is 0 Å². The zero-order chi connectivity index (χ0) is 16.6. The molecule has 3 aromatic carbocycles. The third kappa shape index (κ3) is 3.44. The lowest BCUT2D eigenvalue weighted by atomic mass is 10.1. The third-order valence-electron chi connectivity index (χ3n) is 3.39. The summed E-state index contributed by atoms with van der Waals surface area (Å²) in [5.74, 6) is 0.264. The largest absolute Gasteiger partial charge is 0.378 e. The van der Waals surface area contributed by atoms with Crippen molar-refractivity contribution < 1.29 is 12.6 Å². The summed E-state index contributed by atoms with van der Waals surface area (Å²) in [5.41, 5.74) is 0.987. The van der Waals surface area contributed by atoms with Gasteiger partial charge in [0, 0.05) is 4.47 Å². The van der Waals surface area contributed by atoms with Gasteiger partial charge in [-0.1, -0.05) is 45.8 Å². The molecule has 23 heavy (non-hydrogen) atoms. The highest BCUT2D eigenvalue weighted by atomic mass is 79.9. The summed E-state index contributed by atoms with van der Waals surface area (Å²) in [5, 5.41) is 1.86. The van der Waals surface area contributed by atoms with Gasteiger partial charge in [-0.2, -0.15) is 8.42 Å². The van der Waals surface area contributed by atoms with Crippen molar-refractivity contribution in [1.29, 1.82) is 0 Å². The van der Waals surface area contributed by atoms with E-state index in [1.54, 1.807) is 18.2 Å². The summed E-state index contributed by atoms with van der Waals surface area (Å²) < 4.78 is 31.7. The Balaban J connectivity index is 2.02. The standard InChI is InChI=1S/C17H12Br2O3S/c1-11-2-6-14(7-3-11)23(20,21)22-16-9-4-12-10-13(18)5-8-15(12)17(16)19/h2-10H,1H3. The highest BCUT2D eigenvalue weighted by molar-refractivity contribution is 9.11. The SMILES string of the molecule is Cc1ccc(S(=O)(=O)Oc2ccc3cc(Br)ccc3c2Br)cc1. The van der Waals surface area contributed by atoms with E-state index in [0.717, 1.165) is 20.8 Å². The van der Waals surface area contributed by atoms with Gasteiger partial charge in [-0.05, 0) is 64.0 Å². The molecule has 0 fully saturated rings. The van der Waals surface area contributed by atoms with Crippen LogP contribution in [-0.4, -0.2) is 8.42 Å². The van der Waals surface area contributed by atoms with Gasteiger partial charge in [0.1, 0.15) is 4.90 Å². The molecule has 0 saturated heterocycles. The fraction of sp³-hybridized carbons (Fsp3) is 0.0588. The van der Waals surface area contributed by atoms with Crippen LogP contribution in [0.1, 0.15) is 5.56 Å². The van der Waals surface area contributed by atoms with E-state index in [9.17, 15) is 8.42 Å². The van der Waals surface area contributed by atoms with Crippen molar-refractivity contribution in [3.05, 3.63) is 69.1 Å². The summed E-state index contributed by atoms with van der Waals surface area (Å²) in [4.78, 5) is 0.130. The van der Waals surface area contributed by atoms with E-state index >= 15 is 0 Å². The minimum Gasteiger partial charge on any atom is -0.378 e. The Labute approximate surface area is 151 Å². The maximum atomic E-state index is 12.4. The molecule has 0 unspecified atom stereocenters. The molecule has 0 aliphatic heterocycles. The van der Waals surface area contributed by atoms with Gasteiger partial charge in [-0.3, -0.25) is 0 Å².